The van der Waals surface area contributed by atoms with Gasteiger partial charge in [-0.3, -0.25) is 10.0 Å². The summed E-state index contributed by atoms with van der Waals surface area (Å²) in [7, 11) is 0. The van der Waals surface area contributed by atoms with Crippen LogP contribution in [0.15, 0.2) is 54.6 Å². The van der Waals surface area contributed by atoms with Crippen LogP contribution in [0.4, 0.5) is 0 Å². The molecule has 0 aliphatic carbocycles. The summed E-state index contributed by atoms with van der Waals surface area (Å²) in [6.45, 7) is 12.0. The average molecular weight is 421 g/mol. The lowest BCUT2D eigenvalue weighted by molar-refractivity contribution is -0.163. The standard InChI is InChI=1S/C25H32N4O2/c1-6-7-10-15-25(4,5)20-16-19(17-28(31)24(30)18(2)3)13-14-23(20)29-26-21-11-8-9-12-22(21)27-29/h8-9,11-14,16,31H,2,6-7,10,15,17H2,1,3-5H3. The topological polar surface area (TPSA) is 71.2 Å². The molecule has 164 valence electrons. The minimum atomic E-state index is -0.479. The molecule has 0 unspecified atom stereocenters. The number of carbonyl (C=O) groups is 1. The minimum Gasteiger partial charge on any atom is -0.285 e. The average Bonchev–Trinajstić information content (AvgIpc) is 3.17. The van der Waals surface area contributed by atoms with Gasteiger partial charge < -0.3 is 0 Å². The molecule has 1 heterocycles. The molecule has 1 N–H and O–H groups in total. The lowest BCUT2D eigenvalue weighted by Gasteiger charge is -2.28. The Bertz CT molecular complexity index is 1050. The van der Waals surface area contributed by atoms with E-state index < -0.39 is 5.91 Å². The van der Waals surface area contributed by atoms with Crippen molar-refractivity contribution in [3.05, 3.63) is 65.7 Å². The van der Waals surface area contributed by atoms with Crippen molar-refractivity contribution in [2.75, 3.05) is 0 Å². The number of rotatable bonds is 9. The Morgan fingerprint density at radius 3 is 2.35 bits per heavy atom. The molecule has 3 aromatic rings. The first-order valence-electron chi connectivity index (χ1n) is 10.8. The van der Waals surface area contributed by atoms with Crippen LogP contribution < -0.4 is 0 Å². The fraction of sp³-hybridized carbons (Fsp3) is 0.400. The molecular weight excluding hydrogens is 388 g/mol. The third kappa shape index (κ3) is 5.20. The van der Waals surface area contributed by atoms with E-state index in [2.05, 4.69) is 43.6 Å². The van der Waals surface area contributed by atoms with Gasteiger partial charge in [-0.25, -0.2) is 5.06 Å². The van der Waals surface area contributed by atoms with Crippen molar-refractivity contribution in [2.45, 2.75) is 65.3 Å². The van der Waals surface area contributed by atoms with Gasteiger partial charge in [-0.1, -0.05) is 70.9 Å². The van der Waals surface area contributed by atoms with Crippen LogP contribution in [0, 0.1) is 0 Å². The van der Waals surface area contributed by atoms with Crippen molar-refractivity contribution in [3.8, 4) is 5.69 Å². The number of carbonyl (C=O) groups excluding carboxylic acids is 1. The molecule has 1 aromatic heterocycles. The van der Waals surface area contributed by atoms with E-state index in [0.29, 0.717) is 10.6 Å². The maximum absolute atomic E-state index is 12.0. The predicted molar refractivity (Wildman–Crippen MR) is 123 cm³/mol. The summed E-state index contributed by atoms with van der Waals surface area (Å²) in [6.07, 6.45) is 4.49. The zero-order chi connectivity index (χ0) is 22.6. The van der Waals surface area contributed by atoms with Crippen LogP contribution in [0.1, 0.15) is 64.5 Å². The molecule has 2 aromatic carbocycles. The van der Waals surface area contributed by atoms with E-state index in [0.717, 1.165) is 47.1 Å². The predicted octanol–water partition coefficient (Wildman–Crippen LogP) is 5.57. The molecule has 0 aliphatic heterocycles. The number of benzene rings is 2. The lowest BCUT2D eigenvalue weighted by Crippen LogP contribution is -2.28. The Labute approximate surface area is 184 Å². The molecular formula is C25H32N4O2. The zero-order valence-corrected chi connectivity index (χ0v) is 18.9. The Balaban J connectivity index is 2.03. The summed E-state index contributed by atoms with van der Waals surface area (Å²) >= 11 is 0. The second-order valence-electron chi connectivity index (χ2n) is 8.81. The third-order valence-corrected chi connectivity index (χ3v) is 5.63. The Kier molecular flexibility index (Phi) is 6.91. The summed E-state index contributed by atoms with van der Waals surface area (Å²) in [5, 5.41) is 20.2. The number of unbranched alkanes of at least 4 members (excludes halogenated alkanes) is 2. The van der Waals surface area contributed by atoms with Crippen molar-refractivity contribution in [3.63, 3.8) is 0 Å². The van der Waals surface area contributed by atoms with Crippen LogP contribution in [0.5, 0.6) is 0 Å². The van der Waals surface area contributed by atoms with Crippen molar-refractivity contribution in [1.29, 1.82) is 0 Å². The largest absolute Gasteiger partial charge is 0.285 e. The van der Waals surface area contributed by atoms with Gasteiger partial charge in [0.05, 0.1) is 12.2 Å². The first-order chi connectivity index (χ1) is 14.7. The molecule has 3 rings (SSSR count). The molecule has 1 amide bonds. The molecule has 0 fully saturated rings. The van der Waals surface area contributed by atoms with Gasteiger partial charge in [-0.15, -0.1) is 10.2 Å². The van der Waals surface area contributed by atoms with Crippen LogP contribution in [0.3, 0.4) is 0 Å². The molecule has 0 radical (unpaired) electrons. The van der Waals surface area contributed by atoms with Gasteiger partial charge in [0.2, 0.25) is 0 Å². The first kappa shape index (κ1) is 22.7. The van der Waals surface area contributed by atoms with E-state index in [9.17, 15) is 10.0 Å². The number of fused-ring (bicyclic) bond motifs is 1. The van der Waals surface area contributed by atoms with E-state index in [-0.39, 0.29) is 12.0 Å². The van der Waals surface area contributed by atoms with Gasteiger partial charge in [0.15, 0.2) is 0 Å². The van der Waals surface area contributed by atoms with Gasteiger partial charge >= 0.3 is 0 Å². The van der Waals surface area contributed by atoms with E-state index >= 15 is 0 Å². The second kappa shape index (κ2) is 9.43. The summed E-state index contributed by atoms with van der Waals surface area (Å²) in [6, 6.07) is 13.7. The number of hydrogen-bond donors (Lipinski definition) is 1. The van der Waals surface area contributed by atoms with Crippen LogP contribution in [-0.4, -0.2) is 31.2 Å². The number of amides is 1. The van der Waals surface area contributed by atoms with Gasteiger partial charge in [-0.2, -0.15) is 4.80 Å². The molecule has 0 spiro atoms. The molecule has 31 heavy (non-hydrogen) atoms. The summed E-state index contributed by atoms with van der Waals surface area (Å²) in [5.41, 5.74) is 4.71. The number of aromatic nitrogens is 3. The van der Waals surface area contributed by atoms with E-state index in [1.165, 1.54) is 6.42 Å². The Morgan fingerprint density at radius 2 is 1.77 bits per heavy atom. The fourth-order valence-corrected chi connectivity index (χ4v) is 3.78. The minimum absolute atomic E-state index is 0.0958. The van der Waals surface area contributed by atoms with E-state index in [1.54, 1.807) is 11.7 Å². The van der Waals surface area contributed by atoms with Gasteiger partial charge in [0, 0.05) is 5.57 Å². The van der Waals surface area contributed by atoms with Gasteiger partial charge in [0.25, 0.3) is 5.91 Å². The molecule has 0 saturated heterocycles. The highest BCUT2D eigenvalue weighted by molar-refractivity contribution is 5.91. The molecule has 0 atom stereocenters. The van der Waals surface area contributed by atoms with Crippen molar-refractivity contribution in [2.24, 2.45) is 0 Å². The maximum atomic E-state index is 12.0. The summed E-state index contributed by atoms with van der Waals surface area (Å²) in [5.74, 6) is -0.479. The van der Waals surface area contributed by atoms with Crippen LogP contribution >= 0.6 is 0 Å². The van der Waals surface area contributed by atoms with Crippen molar-refractivity contribution in [1.82, 2.24) is 20.1 Å². The maximum Gasteiger partial charge on any atom is 0.272 e. The van der Waals surface area contributed by atoms with Crippen LogP contribution in [0.25, 0.3) is 16.7 Å². The summed E-state index contributed by atoms with van der Waals surface area (Å²) < 4.78 is 0. The highest BCUT2D eigenvalue weighted by atomic mass is 16.5. The Hall–Kier alpha value is -2.99. The number of hydrogen-bond acceptors (Lipinski definition) is 4. The first-order valence-corrected chi connectivity index (χ1v) is 10.8. The third-order valence-electron chi connectivity index (χ3n) is 5.63. The van der Waals surface area contributed by atoms with E-state index in [4.69, 9.17) is 0 Å². The van der Waals surface area contributed by atoms with Gasteiger partial charge in [0.1, 0.15) is 11.0 Å². The molecule has 0 aliphatic rings. The van der Waals surface area contributed by atoms with E-state index in [1.807, 2.05) is 36.4 Å². The van der Waals surface area contributed by atoms with Crippen LogP contribution in [0.2, 0.25) is 0 Å². The molecule has 0 bridgehead atoms. The molecule has 6 nitrogen and oxygen atoms in total. The highest BCUT2D eigenvalue weighted by Gasteiger charge is 2.26. The number of nitrogens with zero attached hydrogens (tertiary/aromatic N) is 4. The van der Waals surface area contributed by atoms with Crippen molar-refractivity contribution >= 4 is 16.9 Å². The lowest BCUT2D eigenvalue weighted by atomic mass is 9.78. The van der Waals surface area contributed by atoms with Gasteiger partial charge in [-0.05, 0) is 48.1 Å². The van der Waals surface area contributed by atoms with Crippen LogP contribution in [-0.2, 0) is 16.8 Å². The number of hydroxylamine groups is 2. The SMILES string of the molecule is C=C(C)C(=O)N(O)Cc1ccc(-n2nc3ccccc3n2)c(C(C)(C)CCCCC)c1. The Morgan fingerprint density at radius 1 is 1.13 bits per heavy atom. The zero-order valence-electron chi connectivity index (χ0n) is 18.9. The second-order valence-corrected chi connectivity index (χ2v) is 8.81. The normalized spacial score (nSPS) is 11.6. The fourth-order valence-electron chi connectivity index (χ4n) is 3.78. The van der Waals surface area contributed by atoms with Crippen molar-refractivity contribution < 1.29 is 10.0 Å². The highest BCUT2D eigenvalue weighted by Crippen LogP contribution is 2.34. The smallest absolute Gasteiger partial charge is 0.272 e. The molecule has 6 heteroatoms. The molecule has 0 saturated carbocycles. The quantitative estimate of drug-likeness (QED) is 0.212. The monoisotopic (exact) mass is 420 g/mol. The summed E-state index contributed by atoms with van der Waals surface area (Å²) in [4.78, 5) is 13.7.